The third-order valence-corrected chi connectivity index (χ3v) is 13.6. The summed E-state index contributed by atoms with van der Waals surface area (Å²) < 4.78 is 30.2. The highest BCUT2D eigenvalue weighted by Crippen LogP contribution is 2.38. The van der Waals surface area contributed by atoms with Crippen LogP contribution in [0.25, 0.3) is 0 Å². The topological polar surface area (TPSA) is 114 Å². The summed E-state index contributed by atoms with van der Waals surface area (Å²) in [5, 5.41) is 3.00. The van der Waals surface area contributed by atoms with Gasteiger partial charge in [-0.15, -0.1) is 0 Å². The Morgan fingerprint density at radius 3 is 1.32 bits per heavy atom. The fraction of sp³-hybridized carbons (Fsp3) is 0.667. The summed E-state index contributed by atoms with van der Waals surface area (Å²) in [4.78, 5) is 39.9. The number of quaternary nitrogens is 1. The molecule has 0 saturated carbocycles. The zero-order valence-corrected chi connectivity index (χ0v) is 50.3. The van der Waals surface area contributed by atoms with Crippen molar-refractivity contribution in [2.45, 2.75) is 245 Å². The lowest BCUT2D eigenvalue weighted by molar-refractivity contribution is -0.870. The van der Waals surface area contributed by atoms with Crippen molar-refractivity contribution < 1.29 is 37.3 Å². The molecule has 0 aliphatic rings. The number of nitrogens with zero attached hydrogens (tertiary/aromatic N) is 1. The molecule has 0 aromatic carbocycles. The molecule has 1 N–H and O–H groups in total. The van der Waals surface area contributed by atoms with Crippen LogP contribution in [-0.4, -0.2) is 69.4 Å². The Morgan fingerprint density at radius 1 is 0.474 bits per heavy atom. The first-order valence-electron chi connectivity index (χ1n) is 30.3. The first-order chi connectivity index (χ1) is 36.9. The molecule has 0 saturated heterocycles. The van der Waals surface area contributed by atoms with E-state index in [4.69, 9.17) is 13.8 Å². The average Bonchev–Trinajstić information content (AvgIpc) is 3.38. The molecule has 1 amide bonds. The summed E-state index contributed by atoms with van der Waals surface area (Å²) in [6, 6.07) is -0.934. The highest BCUT2D eigenvalue weighted by atomic mass is 31.2. The highest BCUT2D eigenvalue weighted by Gasteiger charge is 2.27. The number of unbranched alkanes of at least 4 members (excludes halogenated alkanes) is 19. The fourth-order valence-corrected chi connectivity index (χ4v) is 8.69. The molecule has 76 heavy (non-hydrogen) atoms. The van der Waals surface area contributed by atoms with Crippen LogP contribution < -0.4 is 10.2 Å². The Labute approximate surface area is 467 Å². The summed E-state index contributed by atoms with van der Waals surface area (Å²) in [5.41, 5.74) is 0. The van der Waals surface area contributed by atoms with Crippen molar-refractivity contribution in [3.63, 3.8) is 0 Å². The normalized spacial score (nSPS) is 14.6. The number of esters is 1. The number of phosphoric acid groups is 1. The number of nitrogens with one attached hydrogen (secondary N) is 1. The van der Waals surface area contributed by atoms with Crippen molar-refractivity contribution in [1.29, 1.82) is 0 Å². The van der Waals surface area contributed by atoms with Gasteiger partial charge in [0, 0.05) is 12.8 Å². The third kappa shape index (κ3) is 55.2. The number of likely N-dealkylation sites (N-methyl/N-ethyl adjacent to an activating group) is 1. The Kier molecular flexibility index (Phi) is 52.2. The van der Waals surface area contributed by atoms with Crippen LogP contribution in [0, 0.1) is 0 Å². The summed E-state index contributed by atoms with van der Waals surface area (Å²) in [5.74, 6) is -0.662. The molecular formula is C66H113N2O7P. The van der Waals surface area contributed by atoms with E-state index in [1.54, 1.807) is 6.08 Å². The molecule has 0 spiro atoms. The molecule has 3 unspecified atom stereocenters. The van der Waals surface area contributed by atoms with E-state index in [2.05, 4.69) is 123 Å². The van der Waals surface area contributed by atoms with E-state index in [0.717, 1.165) is 109 Å². The lowest BCUT2D eigenvalue weighted by atomic mass is 10.0. The van der Waals surface area contributed by atoms with Crippen LogP contribution in [0.5, 0.6) is 0 Å². The minimum atomic E-state index is -4.73. The van der Waals surface area contributed by atoms with Crippen molar-refractivity contribution in [2.75, 3.05) is 40.9 Å². The van der Waals surface area contributed by atoms with Crippen LogP contribution in [0.1, 0.15) is 233 Å². The maximum atomic E-state index is 13.5. The molecule has 9 nitrogen and oxygen atoms in total. The number of hydrogen-bond donors (Lipinski definition) is 1. The molecule has 0 aliphatic heterocycles. The predicted molar refractivity (Wildman–Crippen MR) is 325 cm³/mol. The van der Waals surface area contributed by atoms with E-state index >= 15 is 0 Å². The summed E-state index contributed by atoms with van der Waals surface area (Å²) >= 11 is 0. The quantitative estimate of drug-likeness (QED) is 0.0212. The molecular weight excluding hydrogens is 964 g/mol. The van der Waals surface area contributed by atoms with Gasteiger partial charge in [0.2, 0.25) is 5.91 Å². The molecule has 0 aromatic rings. The molecule has 0 radical (unpaired) electrons. The van der Waals surface area contributed by atoms with Gasteiger partial charge in [-0.3, -0.25) is 14.2 Å². The standard InChI is InChI=1S/C66H113N2O7P/c1-7-10-13-16-19-22-25-28-30-32-34-36-38-40-43-46-49-52-55-58-65(69)67-63(62-74-76(71,72)73-61-60-68(4,5)6)64(57-54-51-48-45-42-27-24-21-18-15-12-9-3)75-66(70)59-56-53-50-47-44-41-39-37-35-33-31-29-26-23-20-17-14-11-8-2/h11,14,19-20,22-23,28-31,34-37,41,44,50,53-54,57,63-64H,7-10,12-13,15-18,21,24-27,32-33,38-40,42-43,45-49,51-52,55-56,58-62H2,1-6H3,(H-,67,69,71,72)/b14-11-,22-19-,23-20-,30-28-,31-29-,36-34-,37-35-,44-41-,53-50-,57-54+. The fourth-order valence-electron chi connectivity index (χ4n) is 7.96. The van der Waals surface area contributed by atoms with Crippen LogP contribution in [0.15, 0.2) is 122 Å². The molecule has 10 heteroatoms. The first-order valence-corrected chi connectivity index (χ1v) is 31.8. The average molecular weight is 1080 g/mol. The number of hydrogen-bond acceptors (Lipinski definition) is 7. The van der Waals surface area contributed by atoms with Gasteiger partial charge in [-0.1, -0.05) is 233 Å². The second kappa shape index (κ2) is 54.8. The third-order valence-electron chi connectivity index (χ3n) is 12.6. The number of carbonyl (C=O) groups is 2. The number of carbonyl (C=O) groups excluding carboxylic acids is 2. The van der Waals surface area contributed by atoms with Gasteiger partial charge in [0.05, 0.1) is 33.8 Å². The van der Waals surface area contributed by atoms with Gasteiger partial charge in [-0.2, -0.15) is 0 Å². The van der Waals surface area contributed by atoms with Crippen molar-refractivity contribution in [3.05, 3.63) is 122 Å². The van der Waals surface area contributed by atoms with Crippen molar-refractivity contribution in [1.82, 2.24) is 5.32 Å². The van der Waals surface area contributed by atoms with E-state index in [-0.39, 0.29) is 25.4 Å². The highest BCUT2D eigenvalue weighted by molar-refractivity contribution is 7.45. The molecule has 434 valence electrons. The van der Waals surface area contributed by atoms with Crippen LogP contribution >= 0.6 is 7.82 Å². The van der Waals surface area contributed by atoms with Crippen LogP contribution in [0.3, 0.4) is 0 Å². The number of allylic oxidation sites excluding steroid dienone is 19. The minimum Gasteiger partial charge on any atom is -0.756 e. The smallest absolute Gasteiger partial charge is 0.306 e. The maximum absolute atomic E-state index is 13.5. The maximum Gasteiger partial charge on any atom is 0.306 e. The number of rotatable bonds is 53. The molecule has 3 atom stereocenters. The second-order valence-electron chi connectivity index (χ2n) is 21.1. The van der Waals surface area contributed by atoms with Gasteiger partial charge >= 0.3 is 5.97 Å². The van der Waals surface area contributed by atoms with Gasteiger partial charge in [0.1, 0.15) is 19.3 Å². The Balaban J connectivity index is 5.44. The summed E-state index contributed by atoms with van der Waals surface area (Å²) in [7, 11) is 1.12. The van der Waals surface area contributed by atoms with Crippen LogP contribution in [0.4, 0.5) is 0 Å². The SMILES string of the molecule is CC/C=C\C/C=C\C/C=C\C/C=C\C/C=C\C/C=C\CCC(=O)OC(/C=C/CCCCCCCCCCCC)C(COP(=O)([O-])OCC[N+](C)(C)C)NC(=O)CCCCCCCC/C=C\C/C=C\C/C=C\CCCCC. The summed E-state index contributed by atoms with van der Waals surface area (Å²) in [6.45, 7) is 6.62. The second-order valence-corrected chi connectivity index (χ2v) is 22.5. The molecule has 0 aliphatic carbocycles. The van der Waals surface area contributed by atoms with Gasteiger partial charge < -0.3 is 28.5 Å². The van der Waals surface area contributed by atoms with Gasteiger partial charge in [-0.25, -0.2) is 0 Å². The van der Waals surface area contributed by atoms with E-state index in [9.17, 15) is 19.0 Å². The molecule has 0 bridgehead atoms. The molecule has 0 aromatic heterocycles. The zero-order valence-electron chi connectivity index (χ0n) is 49.4. The predicted octanol–water partition coefficient (Wildman–Crippen LogP) is 18.1. The van der Waals surface area contributed by atoms with E-state index in [1.165, 1.54) is 77.0 Å². The van der Waals surface area contributed by atoms with Crippen molar-refractivity contribution >= 4 is 19.7 Å². The number of amides is 1. The zero-order chi connectivity index (χ0) is 55.7. The van der Waals surface area contributed by atoms with Crippen LogP contribution in [0.2, 0.25) is 0 Å². The summed E-state index contributed by atoms with van der Waals surface area (Å²) in [6.07, 6.45) is 76.0. The van der Waals surface area contributed by atoms with Gasteiger partial charge in [-0.05, 0) is 109 Å². The Hall–Kier alpha value is -3.59. The van der Waals surface area contributed by atoms with E-state index in [0.29, 0.717) is 23.9 Å². The van der Waals surface area contributed by atoms with Crippen LogP contribution in [-0.2, 0) is 27.9 Å². The molecule has 0 heterocycles. The Morgan fingerprint density at radius 2 is 0.855 bits per heavy atom. The van der Waals surface area contributed by atoms with E-state index < -0.39 is 32.5 Å². The first kappa shape index (κ1) is 72.4. The molecule has 0 rings (SSSR count). The number of phosphoric ester groups is 1. The van der Waals surface area contributed by atoms with E-state index in [1.807, 2.05) is 39.4 Å². The number of ether oxygens (including phenoxy) is 1. The van der Waals surface area contributed by atoms with Gasteiger partial charge in [0.15, 0.2) is 0 Å². The Bertz CT molecular complexity index is 1720. The molecule has 0 fully saturated rings. The van der Waals surface area contributed by atoms with Gasteiger partial charge in [0.25, 0.3) is 7.82 Å². The lowest BCUT2D eigenvalue weighted by Crippen LogP contribution is -2.47. The lowest BCUT2D eigenvalue weighted by Gasteiger charge is -2.30. The monoisotopic (exact) mass is 1080 g/mol. The largest absolute Gasteiger partial charge is 0.756 e. The minimum absolute atomic E-state index is 0.0427. The van der Waals surface area contributed by atoms with Crippen molar-refractivity contribution in [2.24, 2.45) is 0 Å². The van der Waals surface area contributed by atoms with Crippen molar-refractivity contribution in [3.8, 4) is 0 Å².